The Hall–Kier alpha value is -1.46. The van der Waals surface area contributed by atoms with Crippen LogP contribution < -0.4 is 10.2 Å². The Morgan fingerprint density at radius 3 is 2.60 bits per heavy atom. The van der Waals surface area contributed by atoms with Crippen molar-refractivity contribution in [2.75, 3.05) is 18.1 Å². The van der Waals surface area contributed by atoms with Crippen LogP contribution >= 0.6 is 0 Å². The molecule has 0 saturated heterocycles. The maximum atomic E-state index is 9.34. The Kier molecular flexibility index (Phi) is 4.72. The average Bonchev–Trinajstić information content (AvgIpc) is 2.83. The first-order chi connectivity index (χ1) is 9.46. The first-order valence-electron chi connectivity index (χ1n) is 7.03. The number of phenolic OH excluding ortho intramolecular Hbond substituents is 1. The predicted octanol–water partition coefficient (Wildman–Crippen LogP) is 2.95. The van der Waals surface area contributed by atoms with Gasteiger partial charge in [-0.15, -0.1) is 0 Å². The van der Waals surface area contributed by atoms with Crippen LogP contribution in [0.15, 0.2) is 36.7 Å². The molecule has 0 fully saturated rings. The highest BCUT2D eigenvalue weighted by molar-refractivity contribution is 6.76. The quantitative estimate of drug-likeness (QED) is 0.625. The highest BCUT2D eigenvalue weighted by Crippen LogP contribution is 2.22. The topological polar surface area (TPSA) is 44.7 Å². The van der Waals surface area contributed by atoms with E-state index in [2.05, 4.69) is 29.9 Å². The normalized spacial score (nSPS) is 18.4. The molecular weight excluding hydrogens is 268 g/mol. The molecule has 2 rings (SSSR count). The maximum absolute atomic E-state index is 9.34. The van der Waals surface area contributed by atoms with Crippen molar-refractivity contribution in [1.82, 2.24) is 5.32 Å². The van der Waals surface area contributed by atoms with Crippen LogP contribution in [-0.4, -0.2) is 32.6 Å². The molecule has 4 nitrogen and oxygen atoms in total. The van der Waals surface area contributed by atoms with E-state index in [1.807, 2.05) is 24.5 Å². The van der Waals surface area contributed by atoms with Crippen molar-refractivity contribution in [2.24, 2.45) is 0 Å². The number of anilines is 1. The summed E-state index contributed by atoms with van der Waals surface area (Å²) < 4.78 is 5.81. The van der Waals surface area contributed by atoms with Crippen molar-refractivity contribution in [3.05, 3.63) is 36.7 Å². The fourth-order valence-corrected chi connectivity index (χ4v) is 2.77. The molecule has 0 amide bonds. The molecule has 1 aromatic carbocycles. The molecule has 0 bridgehead atoms. The summed E-state index contributed by atoms with van der Waals surface area (Å²) in [6.07, 6.45) is 4.05. The largest absolute Gasteiger partial charge is 0.508 e. The van der Waals surface area contributed by atoms with Gasteiger partial charge in [-0.05, 0) is 30.3 Å². The van der Waals surface area contributed by atoms with E-state index in [9.17, 15) is 5.11 Å². The molecule has 5 heteroatoms. The lowest BCUT2D eigenvalue weighted by molar-refractivity contribution is 0.129. The zero-order chi connectivity index (χ0) is 14.6. The number of ether oxygens (including phenoxy) is 1. The summed E-state index contributed by atoms with van der Waals surface area (Å²) >= 11 is 0. The Morgan fingerprint density at radius 2 is 1.95 bits per heavy atom. The third-order valence-corrected chi connectivity index (χ3v) is 4.98. The summed E-state index contributed by atoms with van der Waals surface area (Å²) in [5.74, 6) is 0.285. The van der Waals surface area contributed by atoms with Crippen LogP contribution in [0.3, 0.4) is 0 Å². The number of nitrogens with zero attached hydrogens (tertiary/aromatic N) is 1. The second-order valence-corrected chi connectivity index (χ2v) is 11.9. The Labute approximate surface area is 122 Å². The van der Waals surface area contributed by atoms with Gasteiger partial charge < -0.3 is 20.1 Å². The fraction of sp³-hybridized carbons (Fsp3) is 0.467. The van der Waals surface area contributed by atoms with E-state index in [0.717, 1.165) is 12.3 Å². The van der Waals surface area contributed by atoms with Crippen molar-refractivity contribution >= 4 is 13.8 Å². The molecule has 1 atom stereocenters. The minimum Gasteiger partial charge on any atom is -0.508 e. The predicted molar refractivity (Wildman–Crippen MR) is 85.6 cm³/mol. The second kappa shape index (κ2) is 6.32. The highest BCUT2D eigenvalue weighted by Gasteiger charge is 2.20. The van der Waals surface area contributed by atoms with Gasteiger partial charge in [0.05, 0.1) is 6.61 Å². The second-order valence-electron chi connectivity index (χ2n) is 6.31. The Morgan fingerprint density at radius 1 is 1.25 bits per heavy atom. The van der Waals surface area contributed by atoms with Gasteiger partial charge in [-0.1, -0.05) is 19.6 Å². The van der Waals surface area contributed by atoms with E-state index in [1.54, 1.807) is 12.1 Å². The molecule has 1 unspecified atom stereocenters. The molecule has 0 spiro atoms. The number of hydrogen-bond donors (Lipinski definition) is 2. The summed E-state index contributed by atoms with van der Waals surface area (Å²) in [4.78, 5) is 2.12. The molecule has 1 aliphatic heterocycles. The molecule has 0 saturated carbocycles. The van der Waals surface area contributed by atoms with Gasteiger partial charge in [0.2, 0.25) is 0 Å². The van der Waals surface area contributed by atoms with E-state index in [4.69, 9.17) is 4.74 Å². The molecule has 110 valence electrons. The minimum absolute atomic E-state index is 0.126. The van der Waals surface area contributed by atoms with E-state index >= 15 is 0 Å². The van der Waals surface area contributed by atoms with Crippen LogP contribution in [0.4, 0.5) is 5.69 Å². The van der Waals surface area contributed by atoms with Gasteiger partial charge >= 0.3 is 0 Å². The van der Waals surface area contributed by atoms with E-state index < -0.39 is 8.07 Å². The van der Waals surface area contributed by atoms with Crippen molar-refractivity contribution in [2.45, 2.75) is 31.9 Å². The van der Waals surface area contributed by atoms with Crippen molar-refractivity contribution < 1.29 is 9.84 Å². The third-order valence-electron chi connectivity index (χ3n) is 3.28. The number of nitrogens with one attached hydrogen (secondary N) is 1. The summed E-state index contributed by atoms with van der Waals surface area (Å²) in [7, 11) is -1.02. The van der Waals surface area contributed by atoms with Crippen molar-refractivity contribution in [3.63, 3.8) is 0 Å². The van der Waals surface area contributed by atoms with Gasteiger partial charge in [-0.25, -0.2) is 0 Å². The summed E-state index contributed by atoms with van der Waals surface area (Å²) in [6, 6.07) is 8.39. The SMILES string of the molecule is C[Si](C)(C)CCOCC1NC=CN1c1ccc(O)cc1. The minimum atomic E-state index is -1.02. The maximum Gasteiger partial charge on any atom is 0.127 e. The first kappa shape index (κ1) is 14.9. The number of aromatic hydroxyl groups is 1. The summed E-state index contributed by atoms with van der Waals surface area (Å²) in [5.41, 5.74) is 1.04. The fourth-order valence-electron chi connectivity index (χ4n) is 2.01. The number of rotatable bonds is 6. The molecular formula is C15H24N2O2Si. The Bertz CT molecular complexity index is 454. The third kappa shape index (κ3) is 4.28. The number of benzene rings is 1. The van der Waals surface area contributed by atoms with Crippen LogP contribution in [0.1, 0.15) is 0 Å². The number of hydrogen-bond acceptors (Lipinski definition) is 4. The van der Waals surface area contributed by atoms with Gasteiger partial charge in [-0.2, -0.15) is 0 Å². The van der Waals surface area contributed by atoms with E-state index in [1.165, 1.54) is 6.04 Å². The lowest BCUT2D eigenvalue weighted by Crippen LogP contribution is -2.39. The standard InChI is InChI=1S/C15H24N2O2Si/c1-20(2,3)11-10-19-12-15-16-8-9-17(15)13-4-6-14(18)7-5-13/h4-9,15-16,18H,10-12H2,1-3H3. The van der Waals surface area contributed by atoms with Crippen LogP contribution in [0.2, 0.25) is 25.7 Å². The number of phenols is 1. The van der Waals surface area contributed by atoms with Crippen LogP contribution in [0.25, 0.3) is 0 Å². The highest BCUT2D eigenvalue weighted by atomic mass is 28.3. The molecule has 1 heterocycles. The van der Waals surface area contributed by atoms with Crippen LogP contribution in [-0.2, 0) is 4.74 Å². The molecule has 20 heavy (non-hydrogen) atoms. The van der Waals surface area contributed by atoms with E-state index in [-0.39, 0.29) is 11.9 Å². The smallest absolute Gasteiger partial charge is 0.127 e. The molecule has 0 radical (unpaired) electrons. The van der Waals surface area contributed by atoms with Crippen LogP contribution in [0.5, 0.6) is 5.75 Å². The molecule has 0 aromatic heterocycles. The average molecular weight is 292 g/mol. The van der Waals surface area contributed by atoms with Crippen molar-refractivity contribution in [1.29, 1.82) is 0 Å². The summed E-state index contributed by atoms with van der Waals surface area (Å²) in [6.45, 7) is 8.55. The molecule has 1 aromatic rings. The molecule has 2 N–H and O–H groups in total. The first-order valence-corrected chi connectivity index (χ1v) is 10.7. The lowest BCUT2D eigenvalue weighted by atomic mass is 10.2. The van der Waals surface area contributed by atoms with Gasteiger partial charge in [0.1, 0.15) is 11.9 Å². The molecule has 1 aliphatic rings. The van der Waals surface area contributed by atoms with Gasteiger partial charge in [-0.3, -0.25) is 0 Å². The van der Waals surface area contributed by atoms with Crippen molar-refractivity contribution in [3.8, 4) is 5.75 Å². The monoisotopic (exact) mass is 292 g/mol. The van der Waals surface area contributed by atoms with Crippen LogP contribution in [0, 0.1) is 0 Å². The van der Waals surface area contributed by atoms with Gasteiger partial charge in [0.25, 0.3) is 0 Å². The molecule has 0 aliphatic carbocycles. The Balaban J connectivity index is 1.84. The van der Waals surface area contributed by atoms with Gasteiger partial charge in [0.15, 0.2) is 0 Å². The lowest BCUT2D eigenvalue weighted by Gasteiger charge is -2.26. The summed E-state index contributed by atoms with van der Waals surface area (Å²) in [5, 5.41) is 12.6. The van der Waals surface area contributed by atoms with E-state index in [0.29, 0.717) is 6.61 Å². The van der Waals surface area contributed by atoms with Gasteiger partial charge in [0, 0.05) is 32.8 Å². The zero-order valence-corrected chi connectivity index (χ0v) is 13.5. The zero-order valence-electron chi connectivity index (χ0n) is 12.5.